The molecule has 3 nitrogen and oxygen atoms in total. The second-order valence-corrected chi connectivity index (χ2v) is 5.13. The van der Waals surface area contributed by atoms with Gasteiger partial charge in [-0.05, 0) is 52.0 Å². The highest BCUT2D eigenvalue weighted by Crippen LogP contribution is 2.17. The van der Waals surface area contributed by atoms with Crippen molar-refractivity contribution in [2.75, 3.05) is 19.8 Å². The molecule has 0 radical (unpaired) electrons. The topological polar surface area (TPSA) is 30.5 Å². The van der Waals surface area contributed by atoms with E-state index in [0.717, 1.165) is 19.8 Å². The lowest BCUT2D eigenvalue weighted by Crippen LogP contribution is -2.38. The Kier molecular flexibility index (Phi) is 5.07. The fourth-order valence-electron chi connectivity index (χ4n) is 2.69. The Balaban J connectivity index is 1.50. The lowest BCUT2D eigenvalue weighted by molar-refractivity contribution is 0.0131. The zero-order valence-electron chi connectivity index (χ0n) is 10.4. The van der Waals surface area contributed by atoms with Crippen LogP contribution in [0.3, 0.4) is 0 Å². The molecule has 0 aliphatic carbocycles. The Labute approximate surface area is 98.9 Å². The van der Waals surface area contributed by atoms with Gasteiger partial charge in [-0.25, -0.2) is 0 Å². The Morgan fingerprint density at radius 1 is 1.19 bits per heavy atom. The molecule has 0 saturated carbocycles. The molecule has 3 atom stereocenters. The first-order chi connectivity index (χ1) is 7.84. The average molecular weight is 227 g/mol. The van der Waals surface area contributed by atoms with E-state index in [1.165, 1.54) is 38.5 Å². The molecule has 2 heterocycles. The van der Waals surface area contributed by atoms with Crippen molar-refractivity contribution in [1.29, 1.82) is 0 Å². The average Bonchev–Trinajstić information content (AvgIpc) is 2.77. The molecule has 3 heteroatoms. The van der Waals surface area contributed by atoms with Gasteiger partial charge in [-0.15, -0.1) is 0 Å². The molecule has 0 spiro atoms. The first-order valence-corrected chi connectivity index (χ1v) is 6.81. The third-order valence-electron chi connectivity index (χ3n) is 3.65. The highest BCUT2D eigenvalue weighted by Gasteiger charge is 2.19. The minimum Gasteiger partial charge on any atom is -0.378 e. The normalized spacial score (nSPS) is 35.4. The van der Waals surface area contributed by atoms with Gasteiger partial charge in [0.15, 0.2) is 0 Å². The smallest absolute Gasteiger partial charge is 0.0576 e. The van der Waals surface area contributed by atoms with Crippen molar-refractivity contribution in [3.63, 3.8) is 0 Å². The molecular formula is C13H25NO2. The summed E-state index contributed by atoms with van der Waals surface area (Å²) in [5, 5.41) is 3.64. The lowest BCUT2D eigenvalue weighted by Gasteiger charge is -2.28. The van der Waals surface area contributed by atoms with E-state index in [0.29, 0.717) is 18.2 Å². The summed E-state index contributed by atoms with van der Waals surface area (Å²) in [6.07, 6.45) is 8.33. The molecule has 3 unspecified atom stereocenters. The maximum absolute atomic E-state index is 5.61. The molecule has 0 amide bonds. The number of ether oxygens (including phenoxy) is 2. The van der Waals surface area contributed by atoms with Gasteiger partial charge in [-0.1, -0.05) is 0 Å². The molecule has 94 valence electrons. The highest BCUT2D eigenvalue weighted by molar-refractivity contribution is 4.74. The number of rotatable bonds is 5. The fourth-order valence-corrected chi connectivity index (χ4v) is 2.69. The van der Waals surface area contributed by atoms with Crippen LogP contribution < -0.4 is 5.32 Å². The van der Waals surface area contributed by atoms with Gasteiger partial charge in [-0.2, -0.15) is 0 Å². The first kappa shape index (κ1) is 12.3. The summed E-state index contributed by atoms with van der Waals surface area (Å²) in [4.78, 5) is 0. The van der Waals surface area contributed by atoms with Crippen LogP contribution in [-0.2, 0) is 9.47 Å². The van der Waals surface area contributed by atoms with E-state index < -0.39 is 0 Å². The lowest BCUT2D eigenvalue weighted by atomic mass is 10.0. The molecule has 16 heavy (non-hydrogen) atoms. The van der Waals surface area contributed by atoms with Crippen LogP contribution in [0.2, 0.25) is 0 Å². The van der Waals surface area contributed by atoms with E-state index in [-0.39, 0.29) is 0 Å². The van der Waals surface area contributed by atoms with E-state index in [9.17, 15) is 0 Å². The molecule has 1 N–H and O–H groups in total. The van der Waals surface area contributed by atoms with Gasteiger partial charge in [0.25, 0.3) is 0 Å². The maximum atomic E-state index is 5.61. The van der Waals surface area contributed by atoms with Gasteiger partial charge in [0, 0.05) is 19.3 Å². The van der Waals surface area contributed by atoms with Gasteiger partial charge in [0.05, 0.1) is 12.2 Å². The highest BCUT2D eigenvalue weighted by atomic mass is 16.5. The third kappa shape index (κ3) is 4.04. The molecule has 0 bridgehead atoms. The molecule has 0 aromatic rings. The van der Waals surface area contributed by atoms with Crippen molar-refractivity contribution in [3.8, 4) is 0 Å². The van der Waals surface area contributed by atoms with Gasteiger partial charge < -0.3 is 14.8 Å². The molecule has 2 fully saturated rings. The van der Waals surface area contributed by atoms with Crippen LogP contribution in [0, 0.1) is 0 Å². The summed E-state index contributed by atoms with van der Waals surface area (Å²) in [6, 6.07) is 0.674. The number of hydrogen-bond acceptors (Lipinski definition) is 3. The SMILES string of the molecule is CC1CC(NCCCC2CCCO2)CCO1. The van der Waals surface area contributed by atoms with E-state index in [4.69, 9.17) is 9.47 Å². The van der Waals surface area contributed by atoms with Gasteiger partial charge in [0.2, 0.25) is 0 Å². The Morgan fingerprint density at radius 3 is 2.88 bits per heavy atom. The van der Waals surface area contributed by atoms with Crippen molar-refractivity contribution in [2.45, 2.75) is 63.7 Å². The molecule has 0 aromatic heterocycles. The predicted molar refractivity (Wildman–Crippen MR) is 64.6 cm³/mol. The van der Waals surface area contributed by atoms with Gasteiger partial charge in [-0.3, -0.25) is 0 Å². The summed E-state index contributed by atoms with van der Waals surface area (Å²) < 4.78 is 11.1. The second kappa shape index (κ2) is 6.58. The zero-order chi connectivity index (χ0) is 11.2. The molecule has 2 aliphatic heterocycles. The fraction of sp³-hybridized carbons (Fsp3) is 1.00. The van der Waals surface area contributed by atoms with Crippen molar-refractivity contribution in [1.82, 2.24) is 5.32 Å². The second-order valence-electron chi connectivity index (χ2n) is 5.13. The monoisotopic (exact) mass is 227 g/mol. The predicted octanol–water partition coefficient (Wildman–Crippen LogP) is 2.10. The largest absolute Gasteiger partial charge is 0.378 e. The Bertz CT molecular complexity index is 192. The maximum Gasteiger partial charge on any atom is 0.0576 e. The van der Waals surface area contributed by atoms with Crippen molar-refractivity contribution >= 4 is 0 Å². The summed E-state index contributed by atoms with van der Waals surface area (Å²) in [5.41, 5.74) is 0. The van der Waals surface area contributed by atoms with Crippen LogP contribution in [0.4, 0.5) is 0 Å². The van der Waals surface area contributed by atoms with Crippen molar-refractivity contribution in [2.24, 2.45) is 0 Å². The van der Waals surface area contributed by atoms with Crippen molar-refractivity contribution < 1.29 is 9.47 Å². The molecule has 2 rings (SSSR count). The minimum absolute atomic E-state index is 0.435. The quantitative estimate of drug-likeness (QED) is 0.730. The van der Waals surface area contributed by atoms with Crippen LogP contribution in [0.25, 0.3) is 0 Å². The standard InChI is InChI=1S/C13H25NO2/c1-11-10-12(6-9-15-11)14-7-2-4-13-5-3-8-16-13/h11-14H,2-10H2,1H3. The number of nitrogens with one attached hydrogen (secondary N) is 1. The Hall–Kier alpha value is -0.120. The van der Waals surface area contributed by atoms with E-state index >= 15 is 0 Å². The first-order valence-electron chi connectivity index (χ1n) is 6.81. The molecular weight excluding hydrogens is 202 g/mol. The summed E-state index contributed by atoms with van der Waals surface area (Å²) >= 11 is 0. The summed E-state index contributed by atoms with van der Waals surface area (Å²) in [7, 11) is 0. The van der Waals surface area contributed by atoms with Crippen LogP contribution in [0.1, 0.15) is 45.4 Å². The van der Waals surface area contributed by atoms with Gasteiger partial charge >= 0.3 is 0 Å². The number of hydrogen-bond donors (Lipinski definition) is 1. The van der Waals surface area contributed by atoms with E-state index in [2.05, 4.69) is 12.2 Å². The van der Waals surface area contributed by atoms with Crippen LogP contribution in [0.15, 0.2) is 0 Å². The van der Waals surface area contributed by atoms with E-state index in [1.807, 2.05) is 0 Å². The minimum atomic E-state index is 0.435. The zero-order valence-corrected chi connectivity index (χ0v) is 10.4. The van der Waals surface area contributed by atoms with Gasteiger partial charge in [0.1, 0.15) is 0 Å². The molecule has 0 aromatic carbocycles. The Morgan fingerprint density at radius 2 is 2.12 bits per heavy atom. The van der Waals surface area contributed by atoms with E-state index in [1.54, 1.807) is 0 Å². The third-order valence-corrected chi connectivity index (χ3v) is 3.65. The molecule has 2 saturated heterocycles. The molecule has 2 aliphatic rings. The van der Waals surface area contributed by atoms with Crippen LogP contribution in [0.5, 0.6) is 0 Å². The van der Waals surface area contributed by atoms with Crippen molar-refractivity contribution in [3.05, 3.63) is 0 Å². The summed E-state index contributed by atoms with van der Waals surface area (Å²) in [6.45, 7) is 5.21. The van der Waals surface area contributed by atoms with Crippen LogP contribution >= 0.6 is 0 Å². The van der Waals surface area contributed by atoms with Crippen LogP contribution in [-0.4, -0.2) is 38.0 Å². The summed E-state index contributed by atoms with van der Waals surface area (Å²) in [5.74, 6) is 0.